The lowest BCUT2D eigenvalue weighted by Gasteiger charge is -2.32. The van der Waals surface area contributed by atoms with Crippen LogP contribution >= 0.6 is 15.9 Å². The number of amides is 1. The van der Waals surface area contributed by atoms with Gasteiger partial charge in [-0.15, -0.1) is 0 Å². The van der Waals surface area contributed by atoms with Gasteiger partial charge >= 0.3 is 6.18 Å². The molecule has 0 spiro atoms. The standard InChI is InChI=1S/C15H16BrF3N2O2/c1-2-3-6-10-9-14(23,15(17,18)19)21(20-10)13(22)11-7-4-5-8-12(11)16/h4-5,7-8,23H,2-3,6,9H2,1H3. The summed E-state index contributed by atoms with van der Waals surface area (Å²) in [5.74, 6) is -0.996. The number of halogens is 4. The molecule has 0 aromatic heterocycles. The normalized spacial score (nSPS) is 21.5. The highest BCUT2D eigenvalue weighted by molar-refractivity contribution is 9.10. The number of benzene rings is 1. The first kappa shape index (κ1) is 17.9. The number of carbonyl (C=O) groups excluding carboxylic acids is 1. The molecule has 23 heavy (non-hydrogen) atoms. The van der Waals surface area contributed by atoms with Crippen LogP contribution in [0.15, 0.2) is 33.8 Å². The molecule has 1 aliphatic heterocycles. The molecule has 1 N–H and O–H groups in total. The van der Waals surface area contributed by atoms with E-state index in [-0.39, 0.29) is 16.3 Å². The predicted molar refractivity (Wildman–Crippen MR) is 82.9 cm³/mol. The smallest absolute Gasteiger partial charge is 0.362 e. The maximum Gasteiger partial charge on any atom is 0.438 e. The summed E-state index contributed by atoms with van der Waals surface area (Å²) in [6.45, 7) is 1.90. The van der Waals surface area contributed by atoms with E-state index in [4.69, 9.17) is 0 Å². The highest BCUT2D eigenvalue weighted by Gasteiger charge is 2.63. The summed E-state index contributed by atoms with van der Waals surface area (Å²) in [7, 11) is 0. The molecule has 2 rings (SSSR count). The number of carbonyl (C=O) groups is 1. The quantitative estimate of drug-likeness (QED) is 0.838. The van der Waals surface area contributed by atoms with Crippen LogP contribution in [0, 0.1) is 0 Å². The monoisotopic (exact) mass is 392 g/mol. The third kappa shape index (κ3) is 3.42. The Morgan fingerprint density at radius 3 is 2.65 bits per heavy atom. The van der Waals surface area contributed by atoms with E-state index in [1.807, 2.05) is 6.92 Å². The van der Waals surface area contributed by atoms with Gasteiger partial charge in [0, 0.05) is 16.6 Å². The van der Waals surface area contributed by atoms with E-state index in [0.29, 0.717) is 17.3 Å². The second-order valence-corrected chi connectivity index (χ2v) is 6.21. The van der Waals surface area contributed by atoms with Crippen LogP contribution in [0.25, 0.3) is 0 Å². The van der Waals surface area contributed by atoms with Crippen molar-refractivity contribution >= 4 is 27.5 Å². The number of hydrogen-bond donors (Lipinski definition) is 1. The van der Waals surface area contributed by atoms with E-state index in [0.717, 1.165) is 6.42 Å². The maximum absolute atomic E-state index is 13.3. The van der Waals surface area contributed by atoms with Gasteiger partial charge in [0.1, 0.15) is 0 Å². The van der Waals surface area contributed by atoms with E-state index in [1.54, 1.807) is 6.07 Å². The van der Waals surface area contributed by atoms with Crippen molar-refractivity contribution in [3.63, 3.8) is 0 Å². The molecule has 0 saturated carbocycles. The summed E-state index contributed by atoms with van der Waals surface area (Å²) in [5, 5.41) is 14.1. The van der Waals surface area contributed by atoms with Crippen molar-refractivity contribution in [3.8, 4) is 0 Å². The summed E-state index contributed by atoms with van der Waals surface area (Å²) in [5.41, 5.74) is -3.12. The first-order chi connectivity index (χ1) is 10.7. The van der Waals surface area contributed by atoms with Crippen molar-refractivity contribution in [1.29, 1.82) is 0 Å². The molecular formula is C15H16BrF3N2O2. The zero-order valence-electron chi connectivity index (χ0n) is 12.4. The van der Waals surface area contributed by atoms with Crippen molar-refractivity contribution in [3.05, 3.63) is 34.3 Å². The molecule has 4 nitrogen and oxygen atoms in total. The lowest BCUT2D eigenvalue weighted by atomic mass is 10.0. The Balaban J connectivity index is 2.40. The molecule has 0 bridgehead atoms. The van der Waals surface area contributed by atoms with Gasteiger partial charge in [-0.25, -0.2) is 0 Å². The molecule has 1 aliphatic rings. The van der Waals surface area contributed by atoms with Crippen LogP contribution < -0.4 is 0 Å². The van der Waals surface area contributed by atoms with Crippen molar-refractivity contribution in [2.75, 3.05) is 0 Å². The number of rotatable bonds is 4. The molecule has 1 amide bonds. The van der Waals surface area contributed by atoms with Gasteiger partial charge in [-0.1, -0.05) is 25.5 Å². The van der Waals surface area contributed by atoms with Crippen LogP contribution in [0.5, 0.6) is 0 Å². The summed E-state index contributed by atoms with van der Waals surface area (Å²) >= 11 is 3.13. The SMILES string of the molecule is CCCCC1=NN(C(=O)c2ccccc2Br)C(O)(C(F)(F)F)C1. The summed E-state index contributed by atoms with van der Waals surface area (Å²) in [4.78, 5) is 12.5. The molecule has 1 unspecified atom stereocenters. The molecule has 1 heterocycles. The molecule has 126 valence electrons. The van der Waals surface area contributed by atoms with E-state index in [2.05, 4.69) is 21.0 Å². The van der Waals surface area contributed by atoms with Crippen LogP contribution in [0.2, 0.25) is 0 Å². The van der Waals surface area contributed by atoms with Crippen LogP contribution in [-0.2, 0) is 0 Å². The zero-order chi connectivity index (χ0) is 17.3. The second-order valence-electron chi connectivity index (χ2n) is 5.36. The first-order valence-corrected chi connectivity index (χ1v) is 7.94. The maximum atomic E-state index is 13.3. The second kappa shape index (κ2) is 6.60. The van der Waals surface area contributed by atoms with Crippen LogP contribution in [0.4, 0.5) is 13.2 Å². The minimum atomic E-state index is -5.00. The zero-order valence-corrected chi connectivity index (χ0v) is 14.0. The average Bonchev–Trinajstić information content (AvgIpc) is 2.83. The molecule has 0 radical (unpaired) electrons. The van der Waals surface area contributed by atoms with Gasteiger partial charge in [-0.3, -0.25) is 4.79 Å². The highest BCUT2D eigenvalue weighted by Crippen LogP contribution is 2.42. The molecule has 8 heteroatoms. The van der Waals surface area contributed by atoms with Gasteiger partial charge in [0.2, 0.25) is 0 Å². The Morgan fingerprint density at radius 1 is 1.43 bits per heavy atom. The highest BCUT2D eigenvalue weighted by atomic mass is 79.9. The molecule has 1 aromatic rings. The Hall–Kier alpha value is -1.41. The van der Waals surface area contributed by atoms with E-state index in [1.165, 1.54) is 18.2 Å². The van der Waals surface area contributed by atoms with Gasteiger partial charge in [0.25, 0.3) is 11.6 Å². The summed E-state index contributed by atoms with van der Waals surface area (Å²) in [6.07, 6.45) is -3.98. The number of hydrogen-bond acceptors (Lipinski definition) is 3. The molecule has 0 fully saturated rings. The first-order valence-electron chi connectivity index (χ1n) is 7.15. The molecular weight excluding hydrogens is 377 g/mol. The fraction of sp³-hybridized carbons (Fsp3) is 0.467. The summed E-state index contributed by atoms with van der Waals surface area (Å²) < 4.78 is 40.4. The number of hydrazone groups is 1. The topological polar surface area (TPSA) is 52.9 Å². The minimum Gasteiger partial charge on any atom is -0.362 e. The van der Waals surface area contributed by atoms with E-state index >= 15 is 0 Å². The molecule has 0 aliphatic carbocycles. The molecule has 1 atom stereocenters. The van der Waals surface area contributed by atoms with Gasteiger partial charge in [-0.2, -0.15) is 23.3 Å². The molecule has 1 aromatic carbocycles. The predicted octanol–water partition coefficient (Wildman–Crippen LogP) is 4.09. The Morgan fingerprint density at radius 2 is 2.09 bits per heavy atom. The average molecular weight is 393 g/mol. The van der Waals surface area contributed by atoms with Crippen molar-refractivity contribution in [2.24, 2.45) is 5.10 Å². The van der Waals surface area contributed by atoms with Gasteiger partial charge in [-0.05, 0) is 40.9 Å². The lowest BCUT2D eigenvalue weighted by Crippen LogP contribution is -2.56. The lowest BCUT2D eigenvalue weighted by molar-refractivity contribution is -0.297. The Labute approximate surface area is 140 Å². The Kier molecular flexibility index (Phi) is 5.15. The molecule has 0 saturated heterocycles. The number of unbranched alkanes of at least 4 members (excludes halogenated alkanes) is 1. The van der Waals surface area contributed by atoms with Crippen molar-refractivity contribution in [2.45, 2.75) is 44.5 Å². The fourth-order valence-electron chi connectivity index (χ4n) is 2.32. The van der Waals surface area contributed by atoms with Crippen LogP contribution in [-0.4, -0.2) is 33.6 Å². The van der Waals surface area contributed by atoms with Gasteiger partial charge in [0.15, 0.2) is 0 Å². The van der Waals surface area contributed by atoms with Crippen molar-refractivity contribution in [1.82, 2.24) is 5.01 Å². The van der Waals surface area contributed by atoms with Crippen molar-refractivity contribution < 1.29 is 23.1 Å². The number of aliphatic hydroxyl groups is 1. The largest absolute Gasteiger partial charge is 0.438 e. The Bertz CT molecular complexity index is 633. The van der Waals surface area contributed by atoms with E-state index < -0.39 is 24.2 Å². The third-order valence-electron chi connectivity index (χ3n) is 3.61. The third-order valence-corrected chi connectivity index (χ3v) is 4.30. The number of nitrogens with zero attached hydrogens (tertiary/aromatic N) is 2. The fourth-order valence-corrected chi connectivity index (χ4v) is 2.77. The van der Waals surface area contributed by atoms with Gasteiger partial charge in [0.05, 0.1) is 5.56 Å². The van der Waals surface area contributed by atoms with Crippen LogP contribution in [0.1, 0.15) is 43.0 Å². The van der Waals surface area contributed by atoms with Crippen LogP contribution in [0.3, 0.4) is 0 Å². The van der Waals surface area contributed by atoms with Gasteiger partial charge < -0.3 is 5.11 Å². The summed E-state index contributed by atoms with van der Waals surface area (Å²) in [6, 6.07) is 6.08. The van der Waals surface area contributed by atoms with E-state index in [9.17, 15) is 23.1 Å². The minimum absolute atomic E-state index is 0.00988. The number of alkyl halides is 3.